The van der Waals surface area contributed by atoms with Crippen molar-refractivity contribution in [2.75, 3.05) is 6.61 Å². The van der Waals surface area contributed by atoms with E-state index in [0.29, 0.717) is 6.61 Å². The summed E-state index contributed by atoms with van der Waals surface area (Å²) in [7, 11) is 0. The molecule has 47 valence electrons. The van der Waals surface area contributed by atoms with Crippen LogP contribution in [0.2, 0.25) is 0 Å². The van der Waals surface area contributed by atoms with Crippen molar-refractivity contribution < 1.29 is 9.84 Å². The molecule has 8 heavy (non-hydrogen) atoms. The molecule has 1 fully saturated rings. The number of aliphatic hydroxyl groups excluding tert-OH is 1. The Kier molecular flexibility index (Phi) is 1.86. The summed E-state index contributed by atoms with van der Waals surface area (Å²) < 4.78 is 5.03. The van der Waals surface area contributed by atoms with Gasteiger partial charge in [0.15, 0.2) is 0 Å². The van der Waals surface area contributed by atoms with Crippen LogP contribution in [0.25, 0.3) is 0 Å². The van der Waals surface area contributed by atoms with Crippen molar-refractivity contribution in [1.29, 1.82) is 0 Å². The second-order valence-corrected chi connectivity index (χ2v) is 2.19. The van der Waals surface area contributed by atoms with Crippen LogP contribution >= 0.6 is 0 Å². The Morgan fingerprint density at radius 3 is 2.62 bits per heavy atom. The van der Waals surface area contributed by atoms with Crippen LogP contribution in [-0.4, -0.2) is 23.9 Å². The summed E-state index contributed by atoms with van der Waals surface area (Å²) in [5.41, 5.74) is 0. The fourth-order valence-electron chi connectivity index (χ4n) is 0.792. The highest BCUT2D eigenvalue weighted by molar-refractivity contribution is 4.69. The topological polar surface area (TPSA) is 29.5 Å². The first kappa shape index (κ1) is 6.05. The van der Waals surface area contributed by atoms with Crippen molar-refractivity contribution in [3.05, 3.63) is 6.92 Å². The molecule has 0 aromatic rings. The van der Waals surface area contributed by atoms with E-state index in [0.717, 1.165) is 12.8 Å². The largest absolute Gasteiger partial charge is 0.391 e. The maximum atomic E-state index is 8.87. The van der Waals surface area contributed by atoms with Crippen molar-refractivity contribution in [3.8, 4) is 0 Å². The SMILES string of the molecule is [CH2]C1CCC(O)CO1. The Morgan fingerprint density at radius 1 is 1.50 bits per heavy atom. The Hall–Kier alpha value is -0.0800. The van der Waals surface area contributed by atoms with Crippen LogP contribution < -0.4 is 0 Å². The predicted octanol–water partition coefficient (Wildman–Crippen LogP) is 0.360. The Labute approximate surface area is 49.5 Å². The number of hydrogen-bond donors (Lipinski definition) is 1. The molecule has 1 rings (SSSR count). The van der Waals surface area contributed by atoms with E-state index in [1.165, 1.54) is 0 Å². The fourth-order valence-corrected chi connectivity index (χ4v) is 0.792. The average molecular weight is 115 g/mol. The summed E-state index contributed by atoms with van der Waals surface area (Å²) >= 11 is 0. The van der Waals surface area contributed by atoms with Gasteiger partial charge in [0.25, 0.3) is 0 Å². The minimum atomic E-state index is -0.243. The van der Waals surface area contributed by atoms with E-state index in [9.17, 15) is 0 Å². The van der Waals surface area contributed by atoms with Gasteiger partial charge in [-0.05, 0) is 19.8 Å². The van der Waals surface area contributed by atoms with Crippen LogP contribution in [0.3, 0.4) is 0 Å². The second-order valence-electron chi connectivity index (χ2n) is 2.19. The maximum Gasteiger partial charge on any atom is 0.0774 e. The standard InChI is InChI=1S/C6H11O2/c1-5-2-3-6(7)4-8-5/h5-7H,1-4H2. The molecule has 2 unspecified atom stereocenters. The molecule has 1 N–H and O–H groups in total. The lowest BCUT2D eigenvalue weighted by atomic mass is 10.1. The molecular formula is C6H11O2. The predicted molar refractivity (Wildman–Crippen MR) is 30.3 cm³/mol. The van der Waals surface area contributed by atoms with Gasteiger partial charge in [-0.15, -0.1) is 0 Å². The first-order chi connectivity index (χ1) is 3.79. The van der Waals surface area contributed by atoms with Gasteiger partial charge < -0.3 is 9.84 Å². The Bertz CT molecular complexity index is 54.9. The third-order valence-corrected chi connectivity index (χ3v) is 1.35. The van der Waals surface area contributed by atoms with Gasteiger partial charge in [0.2, 0.25) is 0 Å². The third kappa shape index (κ3) is 1.46. The summed E-state index contributed by atoms with van der Waals surface area (Å²) in [6.45, 7) is 4.17. The van der Waals surface area contributed by atoms with Gasteiger partial charge in [0.05, 0.1) is 18.8 Å². The highest BCUT2D eigenvalue weighted by Crippen LogP contribution is 2.11. The summed E-state index contributed by atoms with van der Waals surface area (Å²) in [6, 6.07) is 0. The molecule has 1 aliphatic heterocycles. The Morgan fingerprint density at radius 2 is 2.25 bits per heavy atom. The molecule has 0 aromatic heterocycles. The van der Waals surface area contributed by atoms with Gasteiger partial charge in [0, 0.05) is 0 Å². The molecule has 0 aliphatic carbocycles. The molecule has 1 radical (unpaired) electrons. The van der Waals surface area contributed by atoms with E-state index in [1.54, 1.807) is 0 Å². The van der Waals surface area contributed by atoms with E-state index in [-0.39, 0.29) is 12.2 Å². The van der Waals surface area contributed by atoms with E-state index < -0.39 is 0 Å². The number of ether oxygens (including phenoxy) is 1. The molecule has 2 heteroatoms. The molecule has 0 saturated carbocycles. The summed E-state index contributed by atoms with van der Waals surface area (Å²) in [5, 5.41) is 8.87. The van der Waals surface area contributed by atoms with Gasteiger partial charge in [-0.3, -0.25) is 0 Å². The molecule has 0 bridgehead atoms. The lowest BCUT2D eigenvalue weighted by Gasteiger charge is -2.22. The van der Waals surface area contributed by atoms with Crippen molar-refractivity contribution in [1.82, 2.24) is 0 Å². The lowest BCUT2D eigenvalue weighted by Crippen LogP contribution is -2.27. The quantitative estimate of drug-likeness (QED) is 0.494. The van der Waals surface area contributed by atoms with Crippen LogP contribution in [-0.2, 0) is 4.74 Å². The normalized spacial score (nSPS) is 39.8. The van der Waals surface area contributed by atoms with Crippen molar-refractivity contribution >= 4 is 0 Å². The zero-order chi connectivity index (χ0) is 5.98. The van der Waals surface area contributed by atoms with E-state index in [2.05, 4.69) is 6.92 Å². The van der Waals surface area contributed by atoms with Crippen LogP contribution in [0.4, 0.5) is 0 Å². The molecule has 1 aliphatic rings. The van der Waals surface area contributed by atoms with Crippen LogP contribution in [0.15, 0.2) is 0 Å². The van der Waals surface area contributed by atoms with Gasteiger partial charge in [-0.1, -0.05) is 0 Å². The molecule has 0 aromatic carbocycles. The monoisotopic (exact) mass is 115 g/mol. The minimum absolute atomic E-state index is 0.110. The second kappa shape index (κ2) is 2.46. The Balaban J connectivity index is 2.19. The first-order valence-corrected chi connectivity index (χ1v) is 2.92. The number of aliphatic hydroxyl groups is 1. The minimum Gasteiger partial charge on any atom is -0.391 e. The van der Waals surface area contributed by atoms with Gasteiger partial charge in [-0.25, -0.2) is 0 Å². The maximum absolute atomic E-state index is 8.87. The summed E-state index contributed by atoms with van der Waals surface area (Å²) in [4.78, 5) is 0. The molecular weight excluding hydrogens is 104 g/mol. The van der Waals surface area contributed by atoms with Crippen molar-refractivity contribution in [2.45, 2.75) is 25.0 Å². The molecule has 1 heterocycles. The van der Waals surface area contributed by atoms with Crippen LogP contribution in [0.1, 0.15) is 12.8 Å². The molecule has 0 amide bonds. The zero-order valence-corrected chi connectivity index (χ0v) is 4.84. The highest BCUT2D eigenvalue weighted by Gasteiger charge is 2.14. The highest BCUT2D eigenvalue weighted by atomic mass is 16.5. The van der Waals surface area contributed by atoms with E-state index in [1.807, 2.05) is 0 Å². The van der Waals surface area contributed by atoms with Gasteiger partial charge in [0.1, 0.15) is 0 Å². The van der Waals surface area contributed by atoms with Crippen molar-refractivity contribution in [3.63, 3.8) is 0 Å². The third-order valence-electron chi connectivity index (χ3n) is 1.35. The van der Waals surface area contributed by atoms with Crippen LogP contribution in [0, 0.1) is 6.92 Å². The first-order valence-electron chi connectivity index (χ1n) is 2.92. The summed E-state index contributed by atoms with van der Waals surface area (Å²) in [5.74, 6) is 0. The summed E-state index contributed by atoms with van der Waals surface area (Å²) in [6.07, 6.45) is 1.60. The average Bonchev–Trinajstić information content (AvgIpc) is 1.77. The van der Waals surface area contributed by atoms with Crippen LogP contribution in [0.5, 0.6) is 0 Å². The van der Waals surface area contributed by atoms with Gasteiger partial charge >= 0.3 is 0 Å². The van der Waals surface area contributed by atoms with E-state index >= 15 is 0 Å². The molecule has 2 atom stereocenters. The van der Waals surface area contributed by atoms with Gasteiger partial charge in [-0.2, -0.15) is 0 Å². The molecule has 1 saturated heterocycles. The smallest absolute Gasteiger partial charge is 0.0774 e. The molecule has 2 nitrogen and oxygen atoms in total. The zero-order valence-electron chi connectivity index (χ0n) is 4.84. The van der Waals surface area contributed by atoms with Crippen molar-refractivity contribution in [2.24, 2.45) is 0 Å². The fraction of sp³-hybridized carbons (Fsp3) is 0.833. The number of rotatable bonds is 0. The number of hydrogen-bond acceptors (Lipinski definition) is 2. The van der Waals surface area contributed by atoms with E-state index in [4.69, 9.17) is 9.84 Å². The lowest BCUT2D eigenvalue weighted by molar-refractivity contribution is -0.0369. The molecule has 0 spiro atoms.